The third-order valence-electron chi connectivity index (χ3n) is 4.46. The zero-order valence-electron chi connectivity index (χ0n) is 15.4. The largest absolute Gasteiger partial charge is 0.497 e. The van der Waals surface area contributed by atoms with Crippen LogP contribution in [0.25, 0.3) is 0 Å². The number of nitrogens with one attached hydrogen (secondary N) is 1. The average Bonchev–Trinajstić information content (AvgIpc) is 3.08. The van der Waals surface area contributed by atoms with E-state index in [0.717, 1.165) is 50.1 Å². The molecule has 0 atom stereocenters. The van der Waals surface area contributed by atoms with Crippen molar-refractivity contribution in [3.8, 4) is 5.75 Å². The lowest BCUT2D eigenvalue weighted by Crippen LogP contribution is -2.52. The number of thiazole rings is 1. The molecule has 0 aliphatic carbocycles. The summed E-state index contributed by atoms with van der Waals surface area (Å²) >= 11 is 1.68. The number of hydrogen-bond donors (Lipinski definition) is 1. The van der Waals surface area contributed by atoms with Crippen LogP contribution in [0.4, 0.5) is 5.69 Å². The van der Waals surface area contributed by atoms with Crippen molar-refractivity contribution in [2.24, 2.45) is 4.99 Å². The summed E-state index contributed by atoms with van der Waals surface area (Å²) in [5.41, 5.74) is 4.19. The van der Waals surface area contributed by atoms with E-state index in [9.17, 15) is 0 Å². The SMILES string of the molecule is CN=C(NCc1scnc1C)N1CCN(c2cccc(OC)c2)CC1.I. The predicted octanol–water partition coefficient (Wildman–Crippen LogP) is 2.98. The molecule has 2 aromatic rings. The lowest BCUT2D eigenvalue weighted by atomic mass is 10.2. The first-order chi connectivity index (χ1) is 12.2. The number of ether oxygens (including phenoxy) is 1. The van der Waals surface area contributed by atoms with Gasteiger partial charge in [-0.05, 0) is 19.1 Å². The van der Waals surface area contributed by atoms with Crippen LogP contribution in [0.15, 0.2) is 34.8 Å². The van der Waals surface area contributed by atoms with Gasteiger partial charge >= 0.3 is 0 Å². The van der Waals surface area contributed by atoms with Gasteiger partial charge in [0.15, 0.2) is 5.96 Å². The zero-order chi connectivity index (χ0) is 17.6. The molecule has 26 heavy (non-hydrogen) atoms. The molecule has 1 aromatic carbocycles. The summed E-state index contributed by atoms with van der Waals surface area (Å²) in [6.45, 7) is 6.64. The predicted molar refractivity (Wildman–Crippen MR) is 119 cm³/mol. The number of aryl methyl sites for hydroxylation is 1. The van der Waals surface area contributed by atoms with E-state index in [-0.39, 0.29) is 24.0 Å². The highest BCUT2D eigenvalue weighted by molar-refractivity contribution is 14.0. The number of nitrogens with zero attached hydrogens (tertiary/aromatic N) is 4. The molecular weight excluding hydrogens is 461 g/mol. The quantitative estimate of drug-likeness (QED) is 0.409. The van der Waals surface area contributed by atoms with Gasteiger partial charge < -0.3 is 19.9 Å². The van der Waals surface area contributed by atoms with Gasteiger partial charge in [0.1, 0.15) is 5.75 Å². The Morgan fingerprint density at radius 2 is 2.08 bits per heavy atom. The van der Waals surface area contributed by atoms with E-state index in [2.05, 4.69) is 37.2 Å². The molecule has 2 heterocycles. The molecule has 0 unspecified atom stereocenters. The number of aromatic nitrogens is 1. The molecule has 1 aromatic heterocycles. The van der Waals surface area contributed by atoms with Gasteiger partial charge in [0.25, 0.3) is 0 Å². The van der Waals surface area contributed by atoms with Gasteiger partial charge in [0, 0.05) is 49.9 Å². The maximum atomic E-state index is 5.33. The minimum Gasteiger partial charge on any atom is -0.497 e. The molecule has 0 radical (unpaired) electrons. The Balaban J connectivity index is 0.00000243. The first kappa shape index (κ1) is 20.8. The first-order valence-corrected chi connectivity index (χ1v) is 9.33. The summed E-state index contributed by atoms with van der Waals surface area (Å²) in [6.07, 6.45) is 0. The smallest absolute Gasteiger partial charge is 0.194 e. The second-order valence-electron chi connectivity index (χ2n) is 5.94. The highest BCUT2D eigenvalue weighted by atomic mass is 127. The van der Waals surface area contributed by atoms with Gasteiger partial charge in [-0.1, -0.05) is 6.07 Å². The third-order valence-corrected chi connectivity index (χ3v) is 5.40. The molecule has 0 bridgehead atoms. The van der Waals surface area contributed by atoms with Crippen molar-refractivity contribution < 1.29 is 4.74 Å². The number of anilines is 1. The molecule has 142 valence electrons. The van der Waals surface area contributed by atoms with Crippen LogP contribution >= 0.6 is 35.3 Å². The Hall–Kier alpha value is -1.55. The number of hydrogen-bond acceptors (Lipinski definition) is 5. The van der Waals surface area contributed by atoms with Crippen LogP contribution < -0.4 is 15.0 Å². The van der Waals surface area contributed by atoms with Crippen LogP contribution in [0.2, 0.25) is 0 Å². The molecule has 0 saturated carbocycles. The van der Waals surface area contributed by atoms with E-state index >= 15 is 0 Å². The molecule has 1 fully saturated rings. The summed E-state index contributed by atoms with van der Waals surface area (Å²) < 4.78 is 5.33. The molecule has 6 nitrogen and oxygen atoms in total. The number of methoxy groups -OCH3 is 1. The number of piperazine rings is 1. The fourth-order valence-electron chi connectivity index (χ4n) is 2.97. The Kier molecular flexibility index (Phi) is 7.95. The van der Waals surface area contributed by atoms with Crippen LogP contribution in [0.1, 0.15) is 10.6 Å². The Morgan fingerprint density at radius 1 is 1.31 bits per heavy atom. The lowest BCUT2D eigenvalue weighted by molar-refractivity contribution is 0.372. The van der Waals surface area contributed by atoms with Crippen LogP contribution in [0.5, 0.6) is 5.75 Å². The summed E-state index contributed by atoms with van der Waals surface area (Å²) in [5, 5.41) is 3.46. The molecular formula is C18H26IN5OS. The van der Waals surface area contributed by atoms with Gasteiger partial charge in [0.05, 0.1) is 24.9 Å². The number of aliphatic imine (C=N–C) groups is 1. The minimum absolute atomic E-state index is 0. The van der Waals surface area contributed by atoms with Gasteiger partial charge in [-0.3, -0.25) is 4.99 Å². The Morgan fingerprint density at radius 3 is 2.69 bits per heavy atom. The monoisotopic (exact) mass is 487 g/mol. The summed E-state index contributed by atoms with van der Waals surface area (Å²) in [7, 11) is 3.55. The zero-order valence-corrected chi connectivity index (χ0v) is 18.6. The average molecular weight is 487 g/mol. The van der Waals surface area contributed by atoms with E-state index < -0.39 is 0 Å². The van der Waals surface area contributed by atoms with Crippen LogP contribution in [-0.4, -0.2) is 56.2 Å². The second kappa shape index (κ2) is 9.96. The van der Waals surface area contributed by atoms with Gasteiger partial charge in [-0.15, -0.1) is 35.3 Å². The van der Waals surface area contributed by atoms with E-state index in [1.807, 2.05) is 31.6 Å². The normalized spacial score (nSPS) is 14.8. The topological polar surface area (TPSA) is 53.0 Å². The van der Waals surface area contributed by atoms with Crippen LogP contribution in [0, 0.1) is 6.92 Å². The number of guanidine groups is 1. The van der Waals surface area contributed by atoms with E-state index in [1.165, 1.54) is 10.6 Å². The highest BCUT2D eigenvalue weighted by Crippen LogP contribution is 2.22. The fourth-order valence-corrected chi connectivity index (χ4v) is 3.69. The van der Waals surface area contributed by atoms with Gasteiger partial charge in [0.2, 0.25) is 0 Å². The second-order valence-corrected chi connectivity index (χ2v) is 6.88. The molecule has 1 N–H and O–H groups in total. The fraction of sp³-hybridized carbons (Fsp3) is 0.444. The minimum atomic E-state index is 0. The molecule has 0 amide bonds. The highest BCUT2D eigenvalue weighted by Gasteiger charge is 2.20. The first-order valence-electron chi connectivity index (χ1n) is 8.45. The lowest BCUT2D eigenvalue weighted by Gasteiger charge is -2.37. The standard InChI is InChI=1S/C18H25N5OS.HI/c1-14-17(25-13-21-14)12-20-18(19-2)23-9-7-22(8-10-23)15-5-4-6-16(11-15)24-3;/h4-6,11,13H,7-10,12H2,1-3H3,(H,19,20);1H. The molecule has 1 saturated heterocycles. The van der Waals surface area contributed by atoms with E-state index in [0.29, 0.717) is 0 Å². The maximum absolute atomic E-state index is 5.33. The number of benzene rings is 1. The maximum Gasteiger partial charge on any atom is 0.194 e. The van der Waals surface area contributed by atoms with Gasteiger partial charge in [-0.2, -0.15) is 0 Å². The Bertz CT molecular complexity index is 728. The molecule has 1 aliphatic heterocycles. The van der Waals surface area contributed by atoms with Crippen LogP contribution in [-0.2, 0) is 6.54 Å². The third kappa shape index (κ3) is 5.00. The van der Waals surface area contributed by atoms with Crippen molar-refractivity contribution in [1.82, 2.24) is 15.2 Å². The summed E-state index contributed by atoms with van der Waals surface area (Å²) in [5.74, 6) is 1.86. The number of halogens is 1. The van der Waals surface area contributed by atoms with Crippen molar-refractivity contribution >= 4 is 47.0 Å². The van der Waals surface area contributed by atoms with Crippen molar-refractivity contribution in [1.29, 1.82) is 0 Å². The molecule has 0 spiro atoms. The molecule has 8 heteroatoms. The van der Waals surface area contributed by atoms with E-state index in [1.54, 1.807) is 18.4 Å². The van der Waals surface area contributed by atoms with Crippen molar-refractivity contribution in [3.05, 3.63) is 40.3 Å². The van der Waals surface area contributed by atoms with Crippen LogP contribution in [0.3, 0.4) is 0 Å². The number of rotatable bonds is 4. The summed E-state index contributed by atoms with van der Waals surface area (Å²) in [4.78, 5) is 14.7. The van der Waals surface area contributed by atoms with Gasteiger partial charge in [-0.25, -0.2) is 4.98 Å². The summed E-state index contributed by atoms with van der Waals surface area (Å²) in [6, 6.07) is 8.25. The molecule has 1 aliphatic rings. The Labute approximate surface area is 176 Å². The van der Waals surface area contributed by atoms with Crippen molar-refractivity contribution in [2.45, 2.75) is 13.5 Å². The van der Waals surface area contributed by atoms with Crippen molar-refractivity contribution in [2.75, 3.05) is 45.2 Å². The molecule has 3 rings (SSSR count). The van der Waals surface area contributed by atoms with E-state index in [4.69, 9.17) is 4.74 Å². The van der Waals surface area contributed by atoms with Crippen molar-refractivity contribution in [3.63, 3.8) is 0 Å².